The monoisotopic (exact) mass is 974 g/mol. The fraction of sp³-hybridized carbons (Fsp3) is 0.520. The third kappa shape index (κ3) is 13.5. The molecule has 0 atom stereocenters. The van der Waals surface area contributed by atoms with Gasteiger partial charge in [0.15, 0.2) is 0 Å². The Hall–Kier alpha value is -0.525. The molecule has 0 bridgehead atoms. The third-order valence-electron chi connectivity index (χ3n) is 12.4. The lowest BCUT2D eigenvalue weighted by Gasteiger charge is -2.32. The van der Waals surface area contributed by atoms with E-state index in [9.17, 15) is 0 Å². The summed E-state index contributed by atoms with van der Waals surface area (Å²) < 4.78 is 0. The van der Waals surface area contributed by atoms with E-state index in [1.807, 2.05) is 0 Å². The molecule has 0 heterocycles. The zero-order chi connectivity index (χ0) is 46.0. The van der Waals surface area contributed by atoms with E-state index in [1.165, 1.54) is 12.3 Å². The molecule has 0 amide bonds. The first-order chi connectivity index (χ1) is 26.8. The van der Waals surface area contributed by atoms with Gasteiger partial charge in [-0.25, -0.2) is 0 Å². The van der Waals surface area contributed by atoms with E-state index in [4.69, 9.17) is 0 Å². The molecule has 0 aromatic heterocycles. The van der Waals surface area contributed by atoms with Gasteiger partial charge >= 0.3 is 0 Å². The predicted molar refractivity (Wildman–Crippen MR) is 312 cm³/mol. The normalized spacial score (nSPS) is 14.1. The van der Waals surface area contributed by atoms with Gasteiger partial charge in [0.2, 0.25) is 0 Å². The van der Waals surface area contributed by atoms with Crippen LogP contribution in [0.2, 0.25) is 157 Å². The van der Waals surface area contributed by atoms with Crippen molar-refractivity contribution in [2.24, 2.45) is 0 Å². The number of benzene rings is 4. The van der Waals surface area contributed by atoms with Gasteiger partial charge in [-0.15, -0.1) is 0 Å². The van der Waals surface area contributed by atoms with Crippen LogP contribution in [0.25, 0.3) is 0 Å². The van der Waals surface area contributed by atoms with Crippen molar-refractivity contribution < 1.29 is 0 Å². The molecule has 0 saturated carbocycles. The van der Waals surface area contributed by atoms with Crippen molar-refractivity contribution in [1.82, 2.24) is 0 Å². The van der Waals surface area contributed by atoms with E-state index in [1.54, 1.807) is 62.7 Å². The fourth-order valence-electron chi connectivity index (χ4n) is 7.55. The largest absolute Gasteiger partial charge is 0.0776 e. The average Bonchev–Trinajstić information content (AvgIpc) is 3.06. The van der Waals surface area contributed by atoms with Crippen LogP contribution < -0.4 is 62.7 Å². The van der Waals surface area contributed by atoms with Crippen molar-refractivity contribution in [2.45, 2.75) is 157 Å². The molecule has 0 saturated heterocycles. The molecular weight excluding hydrogens is 887 g/mol. The van der Waals surface area contributed by atoms with Gasteiger partial charge < -0.3 is 0 Å². The molecular formula is C50H88P2Si8. The highest BCUT2D eigenvalue weighted by molar-refractivity contribution is 7.76. The molecule has 0 nitrogen and oxygen atoms in total. The molecule has 0 aliphatic carbocycles. The van der Waals surface area contributed by atoms with Crippen molar-refractivity contribution in [3.63, 3.8) is 0 Å². The first-order valence-electron chi connectivity index (χ1n) is 23.0. The minimum atomic E-state index is -1.58. The lowest BCUT2D eigenvalue weighted by atomic mass is 10.3. The smallest absolute Gasteiger partial charge is 0.0656 e. The molecule has 4 aromatic carbocycles. The highest BCUT2D eigenvalue weighted by Gasteiger charge is 2.32. The lowest BCUT2D eigenvalue weighted by molar-refractivity contribution is 1.51. The second kappa shape index (κ2) is 18.0. The van der Waals surface area contributed by atoms with E-state index in [-0.39, 0.29) is 0 Å². The molecule has 4 rings (SSSR count). The van der Waals surface area contributed by atoms with Crippen LogP contribution in [0, 0.1) is 0 Å². The predicted octanol–water partition coefficient (Wildman–Crippen LogP) is 9.61. The molecule has 0 aliphatic rings. The summed E-state index contributed by atoms with van der Waals surface area (Å²) >= 11 is 0. The van der Waals surface area contributed by atoms with Crippen LogP contribution in [0.4, 0.5) is 0 Å². The van der Waals surface area contributed by atoms with Gasteiger partial charge in [0.25, 0.3) is 0 Å². The van der Waals surface area contributed by atoms with Gasteiger partial charge in [-0.05, 0) is 49.4 Å². The molecule has 0 fully saturated rings. The van der Waals surface area contributed by atoms with Gasteiger partial charge in [0.05, 0.1) is 64.6 Å². The van der Waals surface area contributed by atoms with Crippen molar-refractivity contribution in [1.29, 1.82) is 0 Å². The van der Waals surface area contributed by atoms with Gasteiger partial charge in [-0.2, -0.15) is 0 Å². The fourth-order valence-corrected chi connectivity index (χ4v) is 24.1. The third-order valence-corrected chi connectivity index (χ3v) is 33.8. The van der Waals surface area contributed by atoms with Crippen LogP contribution in [0.1, 0.15) is 0 Å². The van der Waals surface area contributed by atoms with Gasteiger partial charge in [-0.3, -0.25) is 0 Å². The number of hydrogen-bond donors (Lipinski definition) is 0. The van der Waals surface area contributed by atoms with Crippen LogP contribution in [0.15, 0.2) is 72.8 Å². The molecule has 330 valence electrons. The van der Waals surface area contributed by atoms with Crippen molar-refractivity contribution in [2.75, 3.05) is 12.3 Å². The molecule has 4 aromatic rings. The maximum Gasteiger partial charge on any atom is 0.0776 e. The topological polar surface area (TPSA) is 0 Å². The first-order valence-corrected chi connectivity index (χ1v) is 54.0. The Morgan fingerprint density at radius 3 is 0.433 bits per heavy atom. The molecule has 0 aliphatic heterocycles. The van der Waals surface area contributed by atoms with E-state index in [2.05, 4.69) is 230 Å². The standard InChI is InChI=1S/C50H88P2Si8/c1-53(2,3)43-27-39(28-44(35-43)54(4,5)6)51(40-29-45(55(7,8)9)36-46(30-40)56(10,11)12)25-26-52(41-31-47(57(13,14)15)37-48(32-41)58(16,17)18)42-33-49(59(19,20)21)38-50(34-42)60(22,23)24/h27-38H,25-26H2,1-24H3. The maximum atomic E-state index is 2.74. The van der Waals surface area contributed by atoms with Crippen LogP contribution in [0.5, 0.6) is 0 Å². The second-order valence-electron chi connectivity index (χ2n) is 26.4. The summed E-state index contributed by atoms with van der Waals surface area (Å²) in [6.45, 7) is 61.7. The summed E-state index contributed by atoms with van der Waals surface area (Å²) in [6, 6.07) is 32.6. The van der Waals surface area contributed by atoms with Crippen molar-refractivity contribution in [3.05, 3.63) is 72.8 Å². The Morgan fingerprint density at radius 2 is 0.333 bits per heavy atom. The van der Waals surface area contributed by atoms with Crippen LogP contribution in [-0.4, -0.2) is 76.9 Å². The summed E-state index contributed by atoms with van der Waals surface area (Å²) in [5, 5.41) is 19.9. The Labute approximate surface area is 382 Å². The molecule has 0 spiro atoms. The van der Waals surface area contributed by atoms with Gasteiger partial charge in [0.1, 0.15) is 0 Å². The highest BCUT2D eigenvalue weighted by Crippen LogP contribution is 2.41. The Morgan fingerprint density at radius 1 is 0.217 bits per heavy atom. The van der Waals surface area contributed by atoms with Crippen LogP contribution in [0.3, 0.4) is 0 Å². The van der Waals surface area contributed by atoms with E-state index in [0.717, 1.165) is 0 Å². The zero-order valence-corrected chi connectivity index (χ0v) is 53.0. The summed E-state index contributed by atoms with van der Waals surface area (Å²) in [6.07, 6.45) is 2.47. The van der Waals surface area contributed by atoms with Crippen LogP contribution in [-0.2, 0) is 0 Å². The quantitative estimate of drug-likeness (QED) is 0.0824. The number of rotatable bonds is 15. The SMILES string of the molecule is C[Si](C)(C)c1cc(P(CCP(c2cc([Si](C)(C)C)cc([Si](C)(C)C)c2)c2cc([Si](C)(C)C)cc([Si](C)(C)C)c2)c2cc([Si](C)(C)C)cc([Si](C)(C)C)c2)cc([Si](C)(C)C)c1. The van der Waals surface area contributed by atoms with Gasteiger partial charge in [-0.1, -0.05) is 271 Å². The summed E-state index contributed by atoms with van der Waals surface area (Å²) in [5.41, 5.74) is 0. The summed E-state index contributed by atoms with van der Waals surface area (Å²) in [4.78, 5) is 0. The summed E-state index contributed by atoms with van der Waals surface area (Å²) in [7, 11) is -13.9. The van der Waals surface area contributed by atoms with E-state index >= 15 is 0 Å². The molecule has 0 unspecified atom stereocenters. The maximum absolute atomic E-state index is 2.74. The minimum absolute atomic E-state index is 0.599. The minimum Gasteiger partial charge on any atom is -0.0656 e. The molecule has 0 N–H and O–H groups in total. The Kier molecular flexibility index (Phi) is 15.7. The molecule has 0 radical (unpaired) electrons. The number of hydrogen-bond acceptors (Lipinski definition) is 0. The van der Waals surface area contributed by atoms with Gasteiger partial charge in [0, 0.05) is 0 Å². The highest BCUT2D eigenvalue weighted by atomic mass is 31.1. The zero-order valence-electron chi connectivity index (χ0n) is 43.2. The van der Waals surface area contributed by atoms with Crippen molar-refractivity contribution >= 4 is 143 Å². The van der Waals surface area contributed by atoms with Crippen LogP contribution >= 0.6 is 15.8 Å². The Bertz CT molecular complexity index is 1720. The Balaban J connectivity index is 2.16. The average molecular weight is 976 g/mol. The van der Waals surface area contributed by atoms with E-state index < -0.39 is 80.4 Å². The summed E-state index contributed by atoms with van der Waals surface area (Å²) in [5.74, 6) is 0. The van der Waals surface area contributed by atoms with E-state index in [0.29, 0.717) is 0 Å². The second-order valence-corrected chi connectivity index (χ2v) is 71.7. The van der Waals surface area contributed by atoms with Crippen molar-refractivity contribution in [3.8, 4) is 0 Å². The molecule has 60 heavy (non-hydrogen) atoms. The molecule has 10 heteroatoms. The lowest BCUT2D eigenvalue weighted by Crippen LogP contribution is -2.49. The first kappa shape index (κ1) is 52.1.